The van der Waals surface area contributed by atoms with Gasteiger partial charge >= 0.3 is 5.97 Å². The summed E-state index contributed by atoms with van der Waals surface area (Å²) >= 11 is 0. The minimum atomic E-state index is -3.27. The molecule has 0 radical (unpaired) electrons. The summed E-state index contributed by atoms with van der Waals surface area (Å²) < 4.78 is 0. The molecular formula is C42H87N5O13. The van der Waals surface area contributed by atoms with Gasteiger partial charge in [0.2, 0.25) is 17.5 Å². The molecule has 358 valence electrons. The van der Waals surface area contributed by atoms with Crippen LogP contribution < -0.4 is 16.6 Å². The highest BCUT2D eigenvalue weighted by molar-refractivity contribution is 5.15. The molecule has 18 nitrogen and oxygen atoms in total. The minimum absolute atomic E-state index is 0.0527. The average Bonchev–Trinajstić information content (AvgIpc) is 3.80. The number of aliphatic hydroxyl groups is 13. The van der Waals surface area contributed by atoms with Gasteiger partial charge in [-0.25, -0.2) is 15.8 Å². The molecule has 0 spiro atoms. The third-order valence-corrected chi connectivity index (χ3v) is 10.1. The first-order chi connectivity index (χ1) is 27.8. The zero-order chi connectivity index (χ0) is 48.6. The zero-order valence-electron chi connectivity index (χ0n) is 38.8. The van der Waals surface area contributed by atoms with E-state index in [2.05, 4.69) is 37.5 Å². The van der Waals surface area contributed by atoms with Crippen LogP contribution in [0.2, 0.25) is 0 Å². The molecule has 0 amide bonds. The summed E-state index contributed by atoms with van der Waals surface area (Å²) in [6.07, 6.45) is 7.66. The summed E-state index contributed by atoms with van der Waals surface area (Å²) in [4.78, 5) is 2.88. The minimum Gasteiger partial charge on any atom is -0.400 e. The van der Waals surface area contributed by atoms with Crippen LogP contribution in [-0.2, 0) is 6.42 Å². The summed E-state index contributed by atoms with van der Waals surface area (Å²) in [6.45, 7) is 24.3. The van der Waals surface area contributed by atoms with E-state index in [9.17, 15) is 61.3 Å². The molecule has 9 unspecified atom stereocenters. The van der Waals surface area contributed by atoms with Crippen molar-refractivity contribution in [3.05, 3.63) is 35.9 Å². The molecule has 3 fully saturated rings. The third-order valence-electron chi connectivity index (χ3n) is 10.1. The first-order valence-corrected chi connectivity index (χ1v) is 21.1. The maximum atomic E-state index is 11.3. The van der Waals surface area contributed by atoms with Crippen molar-refractivity contribution in [3.8, 4) is 12.8 Å². The van der Waals surface area contributed by atoms with Crippen LogP contribution in [0.15, 0.2) is 30.3 Å². The Morgan fingerprint density at radius 3 is 1.58 bits per heavy atom. The predicted octanol–water partition coefficient (Wildman–Crippen LogP) is 0.163. The van der Waals surface area contributed by atoms with Gasteiger partial charge in [0.25, 0.3) is 5.97 Å². The fourth-order valence-corrected chi connectivity index (χ4v) is 7.26. The van der Waals surface area contributed by atoms with Gasteiger partial charge in [0, 0.05) is 50.0 Å². The highest BCUT2D eigenvalue weighted by Crippen LogP contribution is 2.47. The topological polar surface area (TPSA) is 320 Å². The number of rotatable bonds is 10. The highest BCUT2D eigenvalue weighted by Gasteiger charge is 2.63. The molecule has 0 aliphatic carbocycles. The first-order valence-electron chi connectivity index (χ1n) is 21.1. The quantitative estimate of drug-likeness (QED) is 0.110. The second-order valence-electron chi connectivity index (χ2n) is 14.3. The van der Waals surface area contributed by atoms with Crippen molar-refractivity contribution in [1.29, 1.82) is 0 Å². The lowest BCUT2D eigenvalue weighted by atomic mass is 9.84. The van der Waals surface area contributed by atoms with E-state index in [0.717, 1.165) is 12.7 Å². The van der Waals surface area contributed by atoms with Crippen LogP contribution >= 0.6 is 0 Å². The number of nitrogens with zero attached hydrogens (tertiary/aromatic N) is 2. The van der Waals surface area contributed by atoms with Crippen LogP contribution in [0.3, 0.4) is 0 Å². The summed E-state index contributed by atoms with van der Waals surface area (Å²) in [5.74, 6) is -16.4. The Bertz CT molecular complexity index is 1210. The molecule has 9 atom stereocenters. The maximum absolute atomic E-state index is 11.3. The Kier molecular flexibility index (Phi) is 32.6. The third kappa shape index (κ3) is 18.0. The molecule has 3 aliphatic heterocycles. The number of hydrazine groups is 1. The van der Waals surface area contributed by atoms with Crippen molar-refractivity contribution in [2.75, 3.05) is 7.11 Å². The van der Waals surface area contributed by atoms with Gasteiger partial charge in [0.1, 0.15) is 0 Å². The summed E-state index contributed by atoms with van der Waals surface area (Å²) in [7, 11) is 1.00. The molecular weight excluding hydrogens is 782 g/mol. The second kappa shape index (κ2) is 30.2. The molecule has 1 aromatic rings. The number of nitrogens with two attached hydrogens (primary N) is 1. The molecule has 1 aromatic carbocycles. The second-order valence-corrected chi connectivity index (χ2v) is 14.3. The van der Waals surface area contributed by atoms with Crippen LogP contribution in [0.1, 0.15) is 128 Å². The number of hydrogen-bond donors (Lipinski definition) is 16. The van der Waals surface area contributed by atoms with E-state index in [0.29, 0.717) is 19.3 Å². The highest BCUT2D eigenvalue weighted by atomic mass is 16.7. The molecule has 3 saturated heterocycles. The van der Waals surface area contributed by atoms with Gasteiger partial charge in [0.15, 0.2) is 6.17 Å². The predicted molar refractivity (Wildman–Crippen MR) is 233 cm³/mol. The summed E-state index contributed by atoms with van der Waals surface area (Å²) in [5, 5.41) is 128. The van der Waals surface area contributed by atoms with Gasteiger partial charge in [-0.2, -0.15) is 0 Å². The SMILES string of the molecule is C#C.CC.CC.CC.CC1CC2CC(C)N3C(NNC3C(O)(O)O)C(C(O)(O)O)C1N2C(O)(O)CCc1ccccc1.CCC.CCC(O)(O)C(O)(O)C(C)C(C)N.CO. The van der Waals surface area contributed by atoms with E-state index in [1.165, 1.54) is 30.1 Å². The number of terminal acetylenes is 1. The number of nitrogens with one attached hydrogen (secondary N) is 2. The lowest BCUT2D eigenvalue weighted by molar-refractivity contribution is -0.381. The van der Waals surface area contributed by atoms with Gasteiger partial charge in [-0.1, -0.05) is 113 Å². The molecule has 0 aromatic heterocycles. The van der Waals surface area contributed by atoms with E-state index in [1.807, 2.05) is 78.8 Å². The van der Waals surface area contributed by atoms with Crippen LogP contribution in [0, 0.1) is 30.6 Å². The normalized spacial score (nSPS) is 25.0. The maximum Gasteiger partial charge on any atom is 0.307 e. The van der Waals surface area contributed by atoms with Gasteiger partial charge in [-0.3, -0.25) is 4.90 Å². The van der Waals surface area contributed by atoms with Crippen molar-refractivity contribution in [3.63, 3.8) is 0 Å². The van der Waals surface area contributed by atoms with Crippen molar-refractivity contribution < 1.29 is 66.4 Å². The fourth-order valence-electron chi connectivity index (χ4n) is 7.26. The number of hydrogen-bond acceptors (Lipinski definition) is 18. The fraction of sp³-hybridized carbons (Fsp3) is 0.810. The molecule has 3 heterocycles. The zero-order valence-corrected chi connectivity index (χ0v) is 38.8. The lowest BCUT2D eigenvalue weighted by Gasteiger charge is -2.51. The van der Waals surface area contributed by atoms with Gasteiger partial charge in [0.05, 0.1) is 12.1 Å². The average molecular weight is 870 g/mol. The Morgan fingerprint density at radius 1 is 0.750 bits per heavy atom. The Morgan fingerprint density at radius 2 is 1.20 bits per heavy atom. The Balaban J connectivity index is -0.000000504. The molecule has 60 heavy (non-hydrogen) atoms. The van der Waals surface area contributed by atoms with Gasteiger partial charge in [-0.05, 0) is 44.6 Å². The van der Waals surface area contributed by atoms with Crippen molar-refractivity contribution in [1.82, 2.24) is 20.7 Å². The Hall–Kier alpha value is -1.94. The van der Waals surface area contributed by atoms with Crippen LogP contribution in [0.4, 0.5) is 0 Å². The van der Waals surface area contributed by atoms with Crippen molar-refractivity contribution in [2.45, 2.75) is 194 Å². The molecule has 2 bridgehead atoms. The smallest absolute Gasteiger partial charge is 0.307 e. The van der Waals surface area contributed by atoms with Crippen LogP contribution in [-0.4, -0.2) is 149 Å². The van der Waals surface area contributed by atoms with Gasteiger partial charge < -0.3 is 72.1 Å². The van der Waals surface area contributed by atoms with E-state index in [4.69, 9.17) is 10.8 Å². The van der Waals surface area contributed by atoms with E-state index in [1.54, 1.807) is 13.8 Å². The number of benzene rings is 1. The lowest BCUT2D eigenvalue weighted by Crippen LogP contribution is -2.69. The number of aliphatic hydroxyl groups excluding tert-OH is 1. The molecule has 17 N–H and O–H groups in total. The largest absolute Gasteiger partial charge is 0.400 e. The van der Waals surface area contributed by atoms with E-state index in [-0.39, 0.29) is 18.8 Å². The van der Waals surface area contributed by atoms with E-state index < -0.39 is 77.8 Å². The first kappa shape index (κ1) is 64.7. The van der Waals surface area contributed by atoms with Crippen LogP contribution in [0.25, 0.3) is 0 Å². The molecule has 4 rings (SSSR count). The van der Waals surface area contributed by atoms with E-state index >= 15 is 0 Å². The summed E-state index contributed by atoms with van der Waals surface area (Å²) in [5.41, 5.74) is 11.6. The van der Waals surface area contributed by atoms with Crippen molar-refractivity contribution in [2.24, 2.45) is 23.5 Å². The monoisotopic (exact) mass is 870 g/mol. The number of aryl methyl sites for hydroxylation is 1. The van der Waals surface area contributed by atoms with Crippen LogP contribution in [0.5, 0.6) is 0 Å². The molecule has 0 saturated carbocycles. The molecule has 3 aliphatic rings. The standard InChI is InChI=1S/C22H36N4O8.C8H19NO4.C3H8.3C2H6.C2H2.CH4O/c1-12-10-15-11-13(2)25-18(23-24-19(25)22(32,33)34)16(21(29,30)31)17(12)26(15)20(27,28)9-8-14-6-4-3-5-7-14;1-4-7(10,11)8(12,13)5(2)6(3)9;1-3-2;5*1-2/h3-7,12-13,15-19,23-24,27-34H,8-11H2,1-2H3;5-6,10-13H,4,9H2,1-3H3;3H2,1-2H3;3*1-2H3;1-2H;2H,1H3. The summed E-state index contributed by atoms with van der Waals surface area (Å²) in [6, 6.07) is 6.94. The van der Waals surface area contributed by atoms with Crippen molar-refractivity contribution >= 4 is 0 Å². The number of fused-ring (bicyclic) bond motifs is 3. The van der Waals surface area contributed by atoms with Gasteiger partial charge in [-0.15, -0.1) is 12.8 Å². The Labute approximate surface area is 360 Å². The molecule has 18 heteroatoms.